The van der Waals surface area contributed by atoms with Crippen LogP contribution in [0.25, 0.3) is 0 Å². The molecule has 0 bridgehead atoms. The number of piperidine rings is 1. The van der Waals surface area contributed by atoms with Gasteiger partial charge in [-0.1, -0.05) is 42.0 Å². The molecule has 0 saturated carbocycles. The Morgan fingerprint density at radius 3 is 2.48 bits per heavy atom. The average Bonchev–Trinajstić information content (AvgIpc) is 2.62. The van der Waals surface area contributed by atoms with E-state index in [2.05, 4.69) is 71.8 Å². The normalized spacial score (nSPS) is 15.0. The Balaban J connectivity index is 1.43. The SMILES string of the molecule is Cc1ccc(CNC(=O)NC2CCN(c3ccccc3)CC2)c(C)c1. The third kappa shape index (κ3) is 4.75. The topological polar surface area (TPSA) is 44.4 Å². The second-order valence-electron chi connectivity index (χ2n) is 6.85. The lowest BCUT2D eigenvalue weighted by Gasteiger charge is -2.34. The molecule has 2 N–H and O–H groups in total. The molecule has 1 aliphatic heterocycles. The van der Waals surface area contributed by atoms with Crippen LogP contribution >= 0.6 is 0 Å². The van der Waals surface area contributed by atoms with E-state index in [9.17, 15) is 4.79 Å². The van der Waals surface area contributed by atoms with E-state index in [4.69, 9.17) is 0 Å². The summed E-state index contributed by atoms with van der Waals surface area (Å²) in [5.74, 6) is 0. The van der Waals surface area contributed by atoms with Gasteiger partial charge in [-0.05, 0) is 49.9 Å². The van der Waals surface area contributed by atoms with Gasteiger partial charge < -0.3 is 15.5 Å². The van der Waals surface area contributed by atoms with Gasteiger partial charge in [0.05, 0.1) is 0 Å². The Labute approximate surface area is 150 Å². The molecular weight excluding hydrogens is 310 g/mol. The Morgan fingerprint density at radius 2 is 1.80 bits per heavy atom. The molecule has 1 fully saturated rings. The van der Waals surface area contributed by atoms with E-state index in [1.54, 1.807) is 0 Å². The first-order valence-corrected chi connectivity index (χ1v) is 9.02. The summed E-state index contributed by atoms with van der Waals surface area (Å²) in [7, 11) is 0. The Morgan fingerprint density at radius 1 is 1.08 bits per heavy atom. The van der Waals surface area contributed by atoms with E-state index in [0.29, 0.717) is 6.54 Å². The van der Waals surface area contributed by atoms with E-state index in [-0.39, 0.29) is 12.1 Å². The zero-order chi connectivity index (χ0) is 17.6. The Hall–Kier alpha value is -2.49. The maximum absolute atomic E-state index is 12.2. The van der Waals surface area contributed by atoms with Gasteiger partial charge in [0.15, 0.2) is 0 Å². The number of nitrogens with zero attached hydrogens (tertiary/aromatic N) is 1. The first kappa shape index (κ1) is 17.3. The largest absolute Gasteiger partial charge is 0.371 e. The molecule has 132 valence electrons. The highest BCUT2D eigenvalue weighted by Gasteiger charge is 2.20. The van der Waals surface area contributed by atoms with Gasteiger partial charge >= 0.3 is 6.03 Å². The number of carbonyl (C=O) groups is 1. The molecule has 0 aromatic heterocycles. The predicted octanol–water partition coefficient (Wildman–Crippen LogP) is 3.77. The minimum atomic E-state index is -0.0712. The van der Waals surface area contributed by atoms with Crippen LogP contribution in [0.1, 0.15) is 29.5 Å². The fourth-order valence-corrected chi connectivity index (χ4v) is 3.38. The number of anilines is 1. The predicted molar refractivity (Wildman–Crippen MR) is 103 cm³/mol. The first-order valence-electron chi connectivity index (χ1n) is 9.02. The van der Waals surface area contributed by atoms with Crippen molar-refractivity contribution in [1.82, 2.24) is 10.6 Å². The number of urea groups is 1. The molecule has 0 aliphatic carbocycles. The first-order chi connectivity index (χ1) is 12.1. The Kier molecular flexibility index (Phi) is 5.59. The zero-order valence-corrected chi connectivity index (χ0v) is 15.1. The summed E-state index contributed by atoms with van der Waals surface area (Å²) in [5, 5.41) is 6.10. The summed E-state index contributed by atoms with van der Waals surface area (Å²) in [6, 6.07) is 17.0. The van der Waals surface area contributed by atoms with Crippen molar-refractivity contribution in [1.29, 1.82) is 0 Å². The minimum absolute atomic E-state index is 0.0712. The number of carbonyl (C=O) groups excluding carboxylic acids is 1. The van der Waals surface area contributed by atoms with Crippen LogP contribution in [0, 0.1) is 13.8 Å². The lowest BCUT2D eigenvalue weighted by Crippen LogP contribution is -2.47. The molecule has 0 spiro atoms. The van der Waals surface area contributed by atoms with Crippen LogP contribution in [0.4, 0.5) is 10.5 Å². The van der Waals surface area contributed by atoms with Crippen LogP contribution in [0.5, 0.6) is 0 Å². The molecule has 2 amide bonds. The molecule has 1 saturated heterocycles. The van der Waals surface area contributed by atoms with Gasteiger partial charge in [-0.15, -0.1) is 0 Å². The van der Waals surface area contributed by atoms with Crippen molar-refractivity contribution in [3.05, 3.63) is 65.2 Å². The van der Waals surface area contributed by atoms with E-state index < -0.39 is 0 Å². The number of para-hydroxylation sites is 1. The highest BCUT2D eigenvalue weighted by atomic mass is 16.2. The van der Waals surface area contributed by atoms with Gasteiger partial charge in [0.25, 0.3) is 0 Å². The van der Waals surface area contributed by atoms with Gasteiger partial charge in [-0.2, -0.15) is 0 Å². The van der Waals surface area contributed by atoms with Crippen molar-refractivity contribution in [3.8, 4) is 0 Å². The molecule has 25 heavy (non-hydrogen) atoms. The molecule has 0 atom stereocenters. The van der Waals surface area contributed by atoms with Crippen molar-refractivity contribution in [3.63, 3.8) is 0 Å². The van der Waals surface area contributed by atoms with Crippen molar-refractivity contribution in [2.45, 2.75) is 39.3 Å². The second-order valence-corrected chi connectivity index (χ2v) is 6.85. The van der Waals surface area contributed by atoms with Crippen LogP contribution in [-0.2, 0) is 6.54 Å². The molecule has 3 rings (SSSR count). The van der Waals surface area contributed by atoms with Gasteiger partial charge in [0.2, 0.25) is 0 Å². The molecule has 1 heterocycles. The van der Waals surface area contributed by atoms with Gasteiger partial charge in [0.1, 0.15) is 0 Å². The molecule has 2 aromatic rings. The van der Waals surface area contributed by atoms with E-state index in [0.717, 1.165) is 25.9 Å². The number of benzene rings is 2. The quantitative estimate of drug-likeness (QED) is 0.892. The summed E-state index contributed by atoms with van der Waals surface area (Å²) < 4.78 is 0. The lowest BCUT2D eigenvalue weighted by molar-refractivity contribution is 0.234. The average molecular weight is 337 g/mol. The van der Waals surface area contributed by atoms with E-state index in [1.807, 2.05) is 6.07 Å². The maximum Gasteiger partial charge on any atom is 0.315 e. The maximum atomic E-state index is 12.2. The van der Waals surface area contributed by atoms with Gasteiger partial charge in [-0.3, -0.25) is 0 Å². The molecule has 0 radical (unpaired) electrons. The van der Waals surface area contributed by atoms with Crippen LogP contribution in [0.15, 0.2) is 48.5 Å². The summed E-state index contributed by atoms with van der Waals surface area (Å²) in [4.78, 5) is 14.6. The van der Waals surface area contributed by atoms with Gasteiger partial charge in [0, 0.05) is 31.4 Å². The van der Waals surface area contributed by atoms with Crippen LogP contribution in [0.3, 0.4) is 0 Å². The smallest absolute Gasteiger partial charge is 0.315 e. The highest BCUT2D eigenvalue weighted by molar-refractivity contribution is 5.74. The monoisotopic (exact) mass is 337 g/mol. The number of aryl methyl sites for hydroxylation is 2. The molecule has 1 aliphatic rings. The number of hydrogen-bond donors (Lipinski definition) is 2. The third-order valence-electron chi connectivity index (χ3n) is 4.89. The number of nitrogens with one attached hydrogen (secondary N) is 2. The van der Waals surface area contributed by atoms with E-state index >= 15 is 0 Å². The van der Waals surface area contributed by atoms with Crippen LogP contribution < -0.4 is 15.5 Å². The summed E-state index contributed by atoms with van der Waals surface area (Å²) in [6.07, 6.45) is 1.96. The summed E-state index contributed by atoms with van der Waals surface area (Å²) in [5.41, 5.74) is 4.90. The second kappa shape index (κ2) is 8.06. The van der Waals surface area contributed by atoms with Crippen molar-refractivity contribution in [2.75, 3.05) is 18.0 Å². The standard InChI is InChI=1S/C21H27N3O/c1-16-8-9-18(17(2)14-16)15-22-21(25)23-19-10-12-24(13-11-19)20-6-4-3-5-7-20/h3-9,14,19H,10-13,15H2,1-2H3,(H2,22,23,25). The minimum Gasteiger partial charge on any atom is -0.371 e. The zero-order valence-electron chi connectivity index (χ0n) is 15.1. The molecule has 2 aromatic carbocycles. The van der Waals surface area contributed by atoms with Gasteiger partial charge in [-0.25, -0.2) is 4.79 Å². The summed E-state index contributed by atoms with van der Waals surface area (Å²) >= 11 is 0. The third-order valence-corrected chi connectivity index (χ3v) is 4.89. The molecule has 4 nitrogen and oxygen atoms in total. The fraction of sp³-hybridized carbons (Fsp3) is 0.381. The fourth-order valence-electron chi connectivity index (χ4n) is 3.38. The lowest BCUT2D eigenvalue weighted by atomic mass is 10.0. The Bertz CT molecular complexity index is 706. The van der Waals surface area contributed by atoms with Crippen molar-refractivity contribution < 1.29 is 4.79 Å². The van der Waals surface area contributed by atoms with E-state index in [1.165, 1.54) is 22.4 Å². The van der Waals surface area contributed by atoms with Crippen molar-refractivity contribution >= 4 is 11.7 Å². The molecule has 0 unspecified atom stereocenters. The van der Waals surface area contributed by atoms with Crippen LogP contribution in [-0.4, -0.2) is 25.2 Å². The van der Waals surface area contributed by atoms with Crippen LogP contribution in [0.2, 0.25) is 0 Å². The summed E-state index contributed by atoms with van der Waals surface area (Å²) in [6.45, 7) is 6.69. The molecular formula is C21H27N3O. The number of amides is 2. The highest BCUT2D eigenvalue weighted by Crippen LogP contribution is 2.19. The van der Waals surface area contributed by atoms with Crippen molar-refractivity contribution in [2.24, 2.45) is 0 Å². The number of hydrogen-bond acceptors (Lipinski definition) is 2. The molecule has 4 heteroatoms. The number of rotatable bonds is 4.